The first-order chi connectivity index (χ1) is 14.1. The highest BCUT2D eigenvalue weighted by molar-refractivity contribution is 5.91. The Morgan fingerprint density at radius 1 is 1.03 bits per heavy atom. The molecule has 1 aromatic carbocycles. The number of hydrogen-bond acceptors (Lipinski definition) is 5. The van der Waals surface area contributed by atoms with Crippen molar-refractivity contribution >= 4 is 17.1 Å². The molecule has 8 heteroatoms. The second-order valence-corrected chi connectivity index (χ2v) is 6.70. The van der Waals surface area contributed by atoms with Crippen molar-refractivity contribution in [3.63, 3.8) is 0 Å². The van der Waals surface area contributed by atoms with Gasteiger partial charge in [-0.25, -0.2) is 14.8 Å². The smallest absolute Gasteiger partial charge is 0.330 e. The molecule has 0 saturated carbocycles. The summed E-state index contributed by atoms with van der Waals surface area (Å²) in [6, 6.07) is 11.8. The van der Waals surface area contributed by atoms with Crippen molar-refractivity contribution in [3.8, 4) is 0 Å². The van der Waals surface area contributed by atoms with Gasteiger partial charge in [-0.1, -0.05) is 29.8 Å². The Labute approximate surface area is 166 Å². The number of amides is 1. The Morgan fingerprint density at radius 2 is 1.86 bits per heavy atom. The number of aryl methyl sites for hydroxylation is 1. The van der Waals surface area contributed by atoms with Gasteiger partial charge in [0, 0.05) is 31.7 Å². The summed E-state index contributed by atoms with van der Waals surface area (Å²) >= 11 is 0. The minimum Gasteiger partial charge on any atom is -0.349 e. The fourth-order valence-electron chi connectivity index (χ4n) is 3.17. The van der Waals surface area contributed by atoms with Gasteiger partial charge in [0.2, 0.25) is 0 Å². The van der Waals surface area contributed by atoms with Crippen molar-refractivity contribution in [2.24, 2.45) is 0 Å². The number of nitrogens with one attached hydrogen (secondary N) is 1. The van der Waals surface area contributed by atoms with Crippen molar-refractivity contribution in [2.75, 3.05) is 6.54 Å². The summed E-state index contributed by atoms with van der Waals surface area (Å²) in [5, 5.41) is 2.77. The van der Waals surface area contributed by atoms with Crippen molar-refractivity contribution in [1.82, 2.24) is 29.4 Å². The van der Waals surface area contributed by atoms with Gasteiger partial charge in [-0.15, -0.1) is 0 Å². The molecule has 3 heterocycles. The summed E-state index contributed by atoms with van der Waals surface area (Å²) in [6.45, 7) is 3.07. The first-order valence-electron chi connectivity index (χ1n) is 9.27. The monoisotopic (exact) mass is 388 g/mol. The molecule has 0 fully saturated rings. The SMILES string of the molecule is Cc1ccc(Cn2c(=O)n(CCNC(=O)c3cnccn3)c3ncccc32)cc1. The molecule has 0 atom stereocenters. The molecule has 0 aliphatic heterocycles. The lowest BCUT2D eigenvalue weighted by Gasteiger charge is -2.05. The van der Waals surface area contributed by atoms with Gasteiger partial charge < -0.3 is 5.32 Å². The van der Waals surface area contributed by atoms with Gasteiger partial charge in [0.25, 0.3) is 5.91 Å². The number of nitrogens with zero attached hydrogens (tertiary/aromatic N) is 5. The number of pyridine rings is 1. The Balaban J connectivity index is 1.56. The molecule has 0 aliphatic carbocycles. The van der Waals surface area contributed by atoms with Crippen LogP contribution in [0.25, 0.3) is 11.2 Å². The summed E-state index contributed by atoms with van der Waals surface area (Å²) in [5.41, 5.74) is 3.64. The lowest BCUT2D eigenvalue weighted by molar-refractivity contribution is 0.0947. The van der Waals surface area contributed by atoms with Gasteiger partial charge in [0.15, 0.2) is 5.65 Å². The van der Waals surface area contributed by atoms with Crippen LogP contribution < -0.4 is 11.0 Å². The van der Waals surface area contributed by atoms with Gasteiger partial charge in [-0.05, 0) is 24.6 Å². The Kier molecular flexibility index (Phi) is 5.15. The van der Waals surface area contributed by atoms with Crippen LogP contribution in [0, 0.1) is 6.92 Å². The summed E-state index contributed by atoms with van der Waals surface area (Å²) in [4.78, 5) is 37.4. The molecule has 146 valence electrons. The molecule has 0 bridgehead atoms. The van der Waals surface area contributed by atoms with Crippen LogP contribution in [0.2, 0.25) is 0 Å². The summed E-state index contributed by atoms with van der Waals surface area (Å²) in [7, 11) is 0. The molecule has 4 rings (SSSR count). The number of carbonyl (C=O) groups excluding carboxylic acids is 1. The molecular formula is C21H20N6O2. The van der Waals surface area contributed by atoms with E-state index >= 15 is 0 Å². The summed E-state index contributed by atoms with van der Waals surface area (Å²) in [5.74, 6) is -0.331. The molecule has 29 heavy (non-hydrogen) atoms. The van der Waals surface area contributed by atoms with E-state index in [9.17, 15) is 9.59 Å². The Morgan fingerprint density at radius 3 is 2.62 bits per heavy atom. The number of carbonyl (C=O) groups is 1. The predicted molar refractivity (Wildman–Crippen MR) is 109 cm³/mol. The molecule has 4 aromatic rings. The van der Waals surface area contributed by atoms with E-state index < -0.39 is 0 Å². The number of aromatic nitrogens is 5. The van der Waals surface area contributed by atoms with Crippen molar-refractivity contribution in [2.45, 2.75) is 20.0 Å². The first kappa shape index (κ1) is 18.5. The maximum atomic E-state index is 13.1. The third kappa shape index (κ3) is 3.91. The van der Waals surface area contributed by atoms with E-state index in [1.54, 1.807) is 15.3 Å². The third-order valence-corrected chi connectivity index (χ3v) is 4.65. The normalized spacial score (nSPS) is 10.9. The lowest BCUT2D eigenvalue weighted by atomic mass is 10.1. The van der Waals surface area contributed by atoms with E-state index in [1.165, 1.54) is 24.2 Å². The van der Waals surface area contributed by atoms with Crippen LogP contribution in [0.1, 0.15) is 21.6 Å². The number of imidazole rings is 1. The maximum absolute atomic E-state index is 13.1. The van der Waals surface area contributed by atoms with E-state index in [0.717, 1.165) is 11.1 Å². The predicted octanol–water partition coefficient (Wildman–Crippen LogP) is 1.77. The highest BCUT2D eigenvalue weighted by Gasteiger charge is 2.15. The van der Waals surface area contributed by atoms with E-state index in [4.69, 9.17) is 0 Å². The summed E-state index contributed by atoms with van der Waals surface area (Å²) in [6.07, 6.45) is 6.02. The van der Waals surface area contributed by atoms with Crippen LogP contribution in [-0.4, -0.2) is 36.5 Å². The Bertz CT molecular complexity index is 1200. The molecular weight excluding hydrogens is 368 g/mol. The quantitative estimate of drug-likeness (QED) is 0.543. The molecule has 0 spiro atoms. The standard InChI is InChI=1S/C21H20N6O2/c1-15-4-6-16(7-5-15)14-27-18-3-2-8-24-19(18)26(21(27)29)12-11-25-20(28)17-13-22-9-10-23-17/h2-10,13H,11-12,14H2,1H3,(H,25,28). The van der Waals surface area contributed by atoms with Crippen molar-refractivity contribution in [1.29, 1.82) is 0 Å². The zero-order valence-corrected chi connectivity index (χ0v) is 15.9. The molecule has 0 aliphatic rings. The minimum atomic E-state index is -0.331. The van der Waals surface area contributed by atoms with E-state index in [-0.39, 0.29) is 23.8 Å². The topological polar surface area (TPSA) is 94.7 Å². The van der Waals surface area contributed by atoms with Gasteiger partial charge in [-0.2, -0.15) is 0 Å². The van der Waals surface area contributed by atoms with E-state index in [1.807, 2.05) is 43.3 Å². The average molecular weight is 388 g/mol. The Hall–Kier alpha value is -3.81. The molecule has 0 radical (unpaired) electrons. The lowest BCUT2D eigenvalue weighted by Crippen LogP contribution is -2.32. The average Bonchev–Trinajstić information content (AvgIpc) is 3.02. The molecule has 1 amide bonds. The molecule has 3 aromatic heterocycles. The minimum absolute atomic E-state index is 0.159. The van der Waals surface area contributed by atoms with Crippen LogP contribution in [0.3, 0.4) is 0 Å². The highest BCUT2D eigenvalue weighted by Crippen LogP contribution is 2.13. The number of fused-ring (bicyclic) bond motifs is 1. The summed E-state index contributed by atoms with van der Waals surface area (Å²) < 4.78 is 3.29. The maximum Gasteiger partial charge on any atom is 0.330 e. The van der Waals surface area contributed by atoms with Crippen molar-refractivity contribution < 1.29 is 4.79 Å². The molecule has 0 saturated heterocycles. The van der Waals surface area contributed by atoms with Crippen LogP contribution >= 0.6 is 0 Å². The first-order valence-corrected chi connectivity index (χ1v) is 9.27. The second-order valence-electron chi connectivity index (χ2n) is 6.70. The zero-order chi connectivity index (χ0) is 20.2. The molecule has 8 nitrogen and oxygen atoms in total. The second kappa shape index (κ2) is 8.05. The van der Waals surface area contributed by atoms with Crippen LogP contribution in [0.5, 0.6) is 0 Å². The number of rotatable bonds is 6. The molecule has 0 unspecified atom stereocenters. The number of hydrogen-bond donors (Lipinski definition) is 1. The van der Waals surface area contributed by atoms with E-state index in [0.29, 0.717) is 18.7 Å². The van der Waals surface area contributed by atoms with Gasteiger partial charge >= 0.3 is 5.69 Å². The van der Waals surface area contributed by atoms with Crippen LogP contribution in [0.15, 0.2) is 66.0 Å². The van der Waals surface area contributed by atoms with Gasteiger partial charge in [-0.3, -0.25) is 18.9 Å². The zero-order valence-electron chi connectivity index (χ0n) is 15.9. The largest absolute Gasteiger partial charge is 0.349 e. The van der Waals surface area contributed by atoms with Gasteiger partial charge in [0.1, 0.15) is 5.69 Å². The van der Waals surface area contributed by atoms with Gasteiger partial charge in [0.05, 0.1) is 18.3 Å². The fraction of sp³-hybridized carbons (Fsp3) is 0.190. The molecule has 1 N–H and O–H groups in total. The fourth-order valence-corrected chi connectivity index (χ4v) is 3.17. The van der Waals surface area contributed by atoms with E-state index in [2.05, 4.69) is 20.3 Å². The third-order valence-electron chi connectivity index (χ3n) is 4.65. The van der Waals surface area contributed by atoms with Crippen molar-refractivity contribution in [3.05, 3.63) is 88.5 Å². The number of benzene rings is 1. The van der Waals surface area contributed by atoms with Crippen LogP contribution in [-0.2, 0) is 13.1 Å². The van der Waals surface area contributed by atoms with Crippen LogP contribution in [0.4, 0.5) is 0 Å². The highest BCUT2D eigenvalue weighted by atomic mass is 16.2.